The van der Waals surface area contributed by atoms with Gasteiger partial charge in [0.05, 0.1) is 6.54 Å². The predicted octanol–water partition coefficient (Wildman–Crippen LogP) is 0.721. The Hall–Kier alpha value is -2.34. The van der Waals surface area contributed by atoms with E-state index in [9.17, 15) is 9.59 Å². The lowest BCUT2D eigenvalue weighted by molar-refractivity contribution is -0.225. The Balaban J connectivity index is 1.82. The number of para-hydroxylation sites is 1. The highest BCUT2D eigenvalue weighted by Gasteiger charge is 2.52. The molecule has 114 valence electrons. The van der Waals surface area contributed by atoms with Gasteiger partial charge in [-0.25, -0.2) is 9.59 Å². The number of carbonyl (C=O) groups excluding carboxylic acids is 2. The maximum absolute atomic E-state index is 11.9. The van der Waals surface area contributed by atoms with Crippen LogP contribution in [0.4, 0.5) is 5.69 Å². The summed E-state index contributed by atoms with van der Waals surface area (Å²) in [5.41, 5.74) is 2.13. The number of esters is 2. The molecule has 1 spiro atoms. The van der Waals surface area contributed by atoms with Crippen molar-refractivity contribution in [3.05, 3.63) is 42.0 Å². The summed E-state index contributed by atoms with van der Waals surface area (Å²) in [6.45, 7) is 1.01. The van der Waals surface area contributed by atoms with Gasteiger partial charge in [0, 0.05) is 30.4 Å². The highest BCUT2D eigenvalue weighted by atomic mass is 16.8. The minimum absolute atomic E-state index is 0.113. The average molecular weight is 300 g/mol. The minimum atomic E-state index is -1.42. The Morgan fingerprint density at radius 2 is 1.86 bits per heavy atom. The van der Waals surface area contributed by atoms with Gasteiger partial charge in [-0.15, -0.1) is 0 Å². The molecule has 3 aliphatic rings. The van der Waals surface area contributed by atoms with Crippen LogP contribution in [0.15, 0.2) is 36.4 Å². The largest absolute Gasteiger partial charge is 0.399 e. The molecular formula is C16H16N2O4. The summed E-state index contributed by atoms with van der Waals surface area (Å²) in [5, 5.41) is 3.22. The van der Waals surface area contributed by atoms with Crippen LogP contribution < -0.4 is 10.2 Å². The van der Waals surface area contributed by atoms with E-state index in [1.807, 2.05) is 23.1 Å². The minimum Gasteiger partial charge on any atom is -0.399 e. The molecule has 0 amide bonds. The van der Waals surface area contributed by atoms with Crippen molar-refractivity contribution in [3.63, 3.8) is 0 Å². The van der Waals surface area contributed by atoms with E-state index in [0.29, 0.717) is 0 Å². The van der Waals surface area contributed by atoms with Crippen molar-refractivity contribution in [3.8, 4) is 0 Å². The van der Waals surface area contributed by atoms with Gasteiger partial charge in [0.1, 0.15) is 0 Å². The van der Waals surface area contributed by atoms with Crippen LogP contribution in [-0.2, 0) is 25.5 Å². The number of rotatable bonds is 0. The van der Waals surface area contributed by atoms with Gasteiger partial charge in [-0.1, -0.05) is 18.2 Å². The highest BCUT2D eigenvalue weighted by molar-refractivity contribution is 5.93. The number of hydrogen-bond donors (Lipinski definition) is 1. The monoisotopic (exact) mass is 300 g/mol. The Labute approximate surface area is 127 Å². The van der Waals surface area contributed by atoms with E-state index in [2.05, 4.69) is 11.4 Å². The SMILES string of the molecule is O=C1C=CC(=O)OC2(CNCC3CCc4ccccc4N32)O1. The van der Waals surface area contributed by atoms with E-state index in [4.69, 9.17) is 9.47 Å². The van der Waals surface area contributed by atoms with Crippen molar-refractivity contribution < 1.29 is 19.1 Å². The fourth-order valence-corrected chi connectivity index (χ4v) is 3.45. The van der Waals surface area contributed by atoms with Crippen molar-refractivity contribution in [1.29, 1.82) is 0 Å². The molecule has 0 aliphatic carbocycles. The molecule has 1 atom stereocenters. The normalized spacial score (nSPS) is 25.8. The molecule has 1 unspecified atom stereocenters. The van der Waals surface area contributed by atoms with Crippen LogP contribution in [-0.4, -0.2) is 37.0 Å². The number of nitrogens with one attached hydrogen (secondary N) is 1. The Bertz CT molecular complexity index is 650. The molecule has 6 nitrogen and oxygen atoms in total. The zero-order valence-corrected chi connectivity index (χ0v) is 12.0. The maximum Gasteiger partial charge on any atom is 0.356 e. The summed E-state index contributed by atoms with van der Waals surface area (Å²) in [4.78, 5) is 25.7. The number of fused-ring (bicyclic) bond motifs is 4. The zero-order chi connectivity index (χ0) is 15.2. The van der Waals surface area contributed by atoms with E-state index in [0.717, 1.165) is 37.2 Å². The number of benzene rings is 1. The van der Waals surface area contributed by atoms with Crippen LogP contribution in [0.25, 0.3) is 0 Å². The molecular weight excluding hydrogens is 284 g/mol. The number of anilines is 1. The first-order valence-corrected chi connectivity index (χ1v) is 7.40. The summed E-state index contributed by atoms with van der Waals surface area (Å²) >= 11 is 0. The van der Waals surface area contributed by atoms with Gasteiger partial charge in [0.25, 0.3) is 0 Å². The summed E-state index contributed by atoms with van der Waals surface area (Å²) < 4.78 is 11.1. The molecule has 4 rings (SSSR count). The van der Waals surface area contributed by atoms with Gasteiger partial charge in [-0.3, -0.25) is 4.90 Å². The van der Waals surface area contributed by atoms with Crippen LogP contribution in [0.1, 0.15) is 12.0 Å². The summed E-state index contributed by atoms with van der Waals surface area (Å²) in [6.07, 6.45) is 4.08. The Morgan fingerprint density at radius 3 is 2.64 bits per heavy atom. The molecule has 1 N–H and O–H groups in total. The van der Waals surface area contributed by atoms with E-state index in [1.54, 1.807) is 0 Å². The van der Waals surface area contributed by atoms with Gasteiger partial charge in [0.2, 0.25) is 0 Å². The van der Waals surface area contributed by atoms with Gasteiger partial charge in [0.15, 0.2) is 0 Å². The highest BCUT2D eigenvalue weighted by Crippen LogP contribution is 2.39. The van der Waals surface area contributed by atoms with Crippen LogP contribution in [0.5, 0.6) is 0 Å². The van der Waals surface area contributed by atoms with Gasteiger partial charge in [-0.2, -0.15) is 0 Å². The standard InChI is InChI=1S/C16H16N2O4/c19-14-7-8-15(20)22-16(21-14)10-17-9-12-6-5-11-3-1-2-4-13(11)18(12)16/h1-4,7-8,12,17H,5-6,9-10H2. The first-order chi connectivity index (χ1) is 10.7. The van der Waals surface area contributed by atoms with Crippen molar-refractivity contribution in [2.24, 2.45) is 0 Å². The molecule has 1 fully saturated rings. The second-order valence-electron chi connectivity index (χ2n) is 5.71. The first-order valence-electron chi connectivity index (χ1n) is 7.40. The number of aryl methyl sites for hydroxylation is 1. The lowest BCUT2D eigenvalue weighted by atomic mass is 9.93. The molecule has 3 aliphatic heterocycles. The Kier molecular flexibility index (Phi) is 2.94. The van der Waals surface area contributed by atoms with Gasteiger partial charge >= 0.3 is 17.8 Å². The second-order valence-corrected chi connectivity index (χ2v) is 5.71. The predicted molar refractivity (Wildman–Crippen MR) is 78.0 cm³/mol. The van der Waals surface area contributed by atoms with Crippen molar-refractivity contribution in [2.75, 3.05) is 18.0 Å². The fourth-order valence-electron chi connectivity index (χ4n) is 3.45. The van der Waals surface area contributed by atoms with E-state index in [1.165, 1.54) is 5.56 Å². The second kappa shape index (κ2) is 4.84. The van der Waals surface area contributed by atoms with Crippen molar-refractivity contribution in [1.82, 2.24) is 5.32 Å². The molecule has 1 saturated heterocycles. The number of carbonyl (C=O) groups is 2. The third-order valence-corrected chi connectivity index (χ3v) is 4.33. The van der Waals surface area contributed by atoms with E-state index in [-0.39, 0.29) is 12.6 Å². The zero-order valence-electron chi connectivity index (χ0n) is 12.0. The molecule has 0 aromatic heterocycles. The summed E-state index contributed by atoms with van der Waals surface area (Å²) in [7, 11) is 0. The number of piperazine rings is 1. The van der Waals surface area contributed by atoms with Crippen molar-refractivity contribution >= 4 is 17.6 Å². The van der Waals surface area contributed by atoms with Crippen LogP contribution in [0.3, 0.4) is 0 Å². The van der Waals surface area contributed by atoms with Crippen LogP contribution in [0.2, 0.25) is 0 Å². The average Bonchev–Trinajstić information content (AvgIpc) is 2.66. The summed E-state index contributed by atoms with van der Waals surface area (Å²) in [5.74, 6) is -2.57. The molecule has 1 aromatic carbocycles. The molecule has 0 saturated carbocycles. The molecule has 22 heavy (non-hydrogen) atoms. The number of nitrogens with zero attached hydrogens (tertiary/aromatic N) is 1. The molecule has 1 aromatic rings. The third kappa shape index (κ3) is 1.99. The van der Waals surface area contributed by atoms with Crippen molar-refractivity contribution in [2.45, 2.75) is 24.8 Å². The molecule has 3 heterocycles. The molecule has 0 radical (unpaired) electrons. The molecule has 0 bridgehead atoms. The Morgan fingerprint density at radius 1 is 1.14 bits per heavy atom. The maximum atomic E-state index is 11.9. The molecule has 6 heteroatoms. The van der Waals surface area contributed by atoms with Gasteiger partial charge in [-0.05, 0) is 24.5 Å². The van der Waals surface area contributed by atoms with E-state index >= 15 is 0 Å². The fraction of sp³-hybridized carbons (Fsp3) is 0.375. The van der Waals surface area contributed by atoms with Crippen LogP contribution in [0, 0.1) is 0 Å². The topological polar surface area (TPSA) is 67.9 Å². The summed E-state index contributed by atoms with van der Waals surface area (Å²) in [6, 6.07) is 8.08. The third-order valence-electron chi connectivity index (χ3n) is 4.33. The van der Waals surface area contributed by atoms with E-state index < -0.39 is 17.8 Å². The number of hydrogen-bond acceptors (Lipinski definition) is 6. The lowest BCUT2D eigenvalue weighted by Crippen LogP contribution is -2.70. The lowest BCUT2D eigenvalue weighted by Gasteiger charge is -2.51. The number of ether oxygens (including phenoxy) is 2. The smallest absolute Gasteiger partial charge is 0.356 e. The quantitative estimate of drug-likeness (QED) is 0.712. The van der Waals surface area contributed by atoms with Gasteiger partial charge < -0.3 is 14.8 Å². The first kappa shape index (κ1) is 13.3. The van der Waals surface area contributed by atoms with Crippen LogP contribution >= 0.6 is 0 Å².